The molecule has 3 heteroatoms. The molecule has 0 saturated carbocycles. The first kappa shape index (κ1) is 12.5. The topological polar surface area (TPSA) is 18.5 Å². The van der Waals surface area contributed by atoms with E-state index in [2.05, 4.69) is 28.1 Å². The molecular weight excluding hydrogens is 186 g/mol. The number of nitrogens with one attached hydrogen (secondary N) is 1. The van der Waals surface area contributed by atoms with E-state index in [0.717, 1.165) is 25.9 Å². The van der Waals surface area contributed by atoms with Crippen LogP contribution in [0.25, 0.3) is 0 Å². The number of rotatable bonds is 6. The Kier molecular flexibility index (Phi) is 6.42. The Morgan fingerprint density at radius 2 is 1.93 bits per heavy atom. The van der Waals surface area contributed by atoms with Crippen molar-refractivity contribution in [3.63, 3.8) is 0 Å². The highest BCUT2D eigenvalue weighted by Gasteiger charge is 2.12. The monoisotopic (exact) mass is 209 g/mol. The summed E-state index contributed by atoms with van der Waals surface area (Å²) >= 11 is 0. The molecule has 86 valence electrons. The zero-order chi connectivity index (χ0) is 10.9. The van der Waals surface area contributed by atoms with Gasteiger partial charge in [0.25, 0.3) is 0 Å². The van der Waals surface area contributed by atoms with E-state index in [1.807, 2.05) is 0 Å². The van der Waals surface area contributed by atoms with Crippen LogP contribution >= 0.6 is 0 Å². The average molecular weight is 209 g/mol. The number of piperazine rings is 1. The lowest BCUT2D eigenvalue weighted by molar-refractivity contribution is 0.155. The summed E-state index contributed by atoms with van der Waals surface area (Å²) in [6.07, 6.45) is 7.17. The summed E-state index contributed by atoms with van der Waals surface area (Å²) in [6, 6.07) is 0. The summed E-state index contributed by atoms with van der Waals surface area (Å²) in [5.41, 5.74) is 0. The van der Waals surface area contributed by atoms with Crippen molar-refractivity contribution in [3.05, 3.63) is 0 Å². The molecule has 1 rings (SSSR count). The van der Waals surface area contributed by atoms with Crippen LogP contribution in [0.4, 0.5) is 0 Å². The van der Waals surface area contributed by atoms with Crippen LogP contribution in [-0.4, -0.2) is 62.7 Å². The molecule has 0 bridgehead atoms. The number of likely N-dealkylation sites (N-methyl/N-ethyl adjacent to an activating group) is 1. The van der Waals surface area contributed by atoms with Gasteiger partial charge in [0, 0.05) is 45.7 Å². The Balaban J connectivity index is 1.90. The summed E-state index contributed by atoms with van der Waals surface area (Å²) in [7, 11) is 2.19. The molecule has 1 heterocycles. The van der Waals surface area contributed by atoms with Crippen LogP contribution in [-0.2, 0) is 0 Å². The molecule has 1 N–H and O–H groups in total. The third-order valence-electron chi connectivity index (χ3n) is 2.88. The SMILES string of the molecule is C#CCCCNCCN1CCN(C)CC1. The predicted molar refractivity (Wildman–Crippen MR) is 64.9 cm³/mol. The van der Waals surface area contributed by atoms with Crippen LogP contribution in [0.2, 0.25) is 0 Å². The van der Waals surface area contributed by atoms with Gasteiger partial charge in [0.05, 0.1) is 0 Å². The summed E-state index contributed by atoms with van der Waals surface area (Å²) < 4.78 is 0. The second-order valence-corrected chi connectivity index (χ2v) is 4.20. The van der Waals surface area contributed by atoms with Gasteiger partial charge in [0.2, 0.25) is 0 Å². The fourth-order valence-corrected chi connectivity index (χ4v) is 1.75. The standard InChI is InChI=1S/C12H23N3/c1-3-4-5-6-13-7-8-15-11-9-14(2)10-12-15/h1,13H,4-12H2,2H3. The van der Waals surface area contributed by atoms with Gasteiger partial charge in [-0.25, -0.2) is 0 Å². The van der Waals surface area contributed by atoms with Crippen LogP contribution in [0.1, 0.15) is 12.8 Å². The first-order valence-electron chi connectivity index (χ1n) is 5.88. The molecule has 15 heavy (non-hydrogen) atoms. The van der Waals surface area contributed by atoms with E-state index >= 15 is 0 Å². The van der Waals surface area contributed by atoms with E-state index in [1.54, 1.807) is 0 Å². The Hall–Kier alpha value is -0.560. The van der Waals surface area contributed by atoms with Crippen molar-refractivity contribution in [2.45, 2.75) is 12.8 Å². The highest BCUT2D eigenvalue weighted by atomic mass is 15.2. The fourth-order valence-electron chi connectivity index (χ4n) is 1.75. The lowest BCUT2D eigenvalue weighted by Gasteiger charge is -2.32. The predicted octanol–water partition coefficient (Wildman–Crippen LogP) is 0.237. The maximum atomic E-state index is 5.18. The fraction of sp³-hybridized carbons (Fsp3) is 0.833. The summed E-state index contributed by atoms with van der Waals surface area (Å²) in [6.45, 7) is 8.15. The number of terminal acetylenes is 1. The van der Waals surface area contributed by atoms with Gasteiger partial charge >= 0.3 is 0 Å². The van der Waals surface area contributed by atoms with E-state index in [1.165, 1.54) is 32.7 Å². The largest absolute Gasteiger partial charge is 0.315 e. The van der Waals surface area contributed by atoms with Crippen molar-refractivity contribution < 1.29 is 0 Å². The molecule has 3 nitrogen and oxygen atoms in total. The molecule has 0 amide bonds. The summed E-state index contributed by atoms with van der Waals surface area (Å²) in [4.78, 5) is 4.91. The van der Waals surface area contributed by atoms with E-state index < -0.39 is 0 Å². The van der Waals surface area contributed by atoms with Crippen LogP contribution in [0.5, 0.6) is 0 Å². The van der Waals surface area contributed by atoms with Crippen LogP contribution in [0.3, 0.4) is 0 Å². The molecule has 0 spiro atoms. The van der Waals surface area contributed by atoms with Crippen molar-refractivity contribution in [1.82, 2.24) is 15.1 Å². The van der Waals surface area contributed by atoms with Crippen LogP contribution in [0, 0.1) is 12.3 Å². The number of unbranched alkanes of at least 4 members (excludes halogenated alkanes) is 1. The highest BCUT2D eigenvalue weighted by Crippen LogP contribution is 1.97. The molecule has 0 aromatic rings. The smallest absolute Gasteiger partial charge is 0.0110 e. The van der Waals surface area contributed by atoms with Gasteiger partial charge in [-0.2, -0.15) is 0 Å². The van der Waals surface area contributed by atoms with Crippen molar-refractivity contribution in [2.75, 3.05) is 52.9 Å². The van der Waals surface area contributed by atoms with E-state index in [4.69, 9.17) is 6.42 Å². The summed E-state index contributed by atoms with van der Waals surface area (Å²) in [5.74, 6) is 2.66. The maximum absolute atomic E-state index is 5.18. The Morgan fingerprint density at radius 3 is 2.60 bits per heavy atom. The highest BCUT2D eigenvalue weighted by molar-refractivity contribution is 4.83. The Morgan fingerprint density at radius 1 is 1.20 bits per heavy atom. The lowest BCUT2D eigenvalue weighted by Crippen LogP contribution is -2.46. The third-order valence-corrected chi connectivity index (χ3v) is 2.88. The van der Waals surface area contributed by atoms with E-state index in [0.29, 0.717) is 0 Å². The minimum absolute atomic E-state index is 0.890. The Labute approximate surface area is 93.8 Å². The van der Waals surface area contributed by atoms with Gasteiger partial charge in [-0.15, -0.1) is 12.3 Å². The molecule has 1 aliphatic rings. The average Bonchev–Trinajstić information content (AvgIpc) is 2.26. The molecule has 0 unspecified atom stereocenters. The van der Waals surface area contributed by atoms with Gasteiger partial charge in [-0.3, -0.25) is 4.90 Å². The van der Waals surface area contributed by atoms with Gasteiger partial charge in [0.1, 0.15) is 0 Å². The van der Waals surface area contributed by atoms with Crippen LogP contribution < -0.4 is 5.32 Å². The molecular formula is C12H23N3. The van der Waals surface area contributed by atoms with Crippen LogP contribution in [0.15, 0.2) is 0 Å². The molecule has 0 aromatic carbocycles. The minimum atomic E-state index is 0.890. The zero-order valence-electron chi connectivity index (χ0n) is 9.84. The second kappa shape index (κ2) is 7.70. The zero-order valence-corrected chi connectivity index (χ0v) is 9.84. The van der Waals surface area contributed by atoms with E-state index in [-0.39, 0.29) is 0 Å². The molecule has 1 saturated heterocycles. The maximum Gasteiger partial charge on any atom is 0.0110 e. The van der Waals surface area contributed by atoms with Gasteiger partial charge in [-0.05, 0) is 20.0 Å². The molecule has 0 aromatic heterocycles. The lowest BCUT2D eigenvalue weighted by atomic mass is 10.3. The van der Waals surface area contributed by atoms with Crippen molar-refractivity contribution in [2.24, 2.45) is 0 Å². The van der Waals surface area contributed by atoms with Crippen molar-refractivity contribution >= 4 is 0 Å². The minimum Gasteiger partial charge on any atom is -0.315 e. The second-order valence-electron chi connectivity index (χ2n) is 4.20. The van der Waals surface area contributed by atoms with Gasteiger partial charge in [-0.1, -0.05) is 0 Å². The Bertz CT molecular complexity index is 190. The van der Waals surface area contributed by atoms with Crippen molar-refractivity contribution in [1.29, 1.82) is 0 Å². The number of hydrogen-bond acceptors (Lipinski definition) is 3. The van der Waals surface area contributed by atoms with Crippen molar-refractivity contribution in [3.8, 4) is 12.3 Å². The number of hydrogen-bond donors (Lipinski definition) is 1. The normalized spacial score (nSPS) is 18.9. The molecule has 1 aliphatic heterocycles. The molecule has 0 radical (unpaired) electrons. The molecule has 1 fully saturated rings. The molecule has 0 atom stereocenters. The number of nitrogens with zero attached hydrogens (tertiary/aromatic N) is 2. The quantitative estimate of drug-likeness (QED) is 0.499. The van der Waals surface area contributed by atoms with E-state index in [9.17, 15) is 0 Å². The van der Waals surface area contributed by atoms with Gasteiger partial charge < -0.3 is 10.2 Å². The first-order chi connectivity index (χ1) is 7.33. The third kappa shape index (κ3) is 5.78. The summed E-state index contributed by atoms with van der Waals surface area (Å²) in [5, 5.41) is 3.43. The first-order valence-corrected chi connectivity index (χ1v) is 5.88. The van der Waals surface area contributed by atoms with Gasteiger partial charge in [0.15, 0.2) is 0 Å². The molecule has 0 aliphatic carbocycles.